The largest absolute Gasteiger partial charge is 0.495 e. The number of hydrogen-bond acceptors (Lipinski definition) is 9. The van der Waals surface area contributed by atoms with E-state index in [-0.39, 0.29) is 0 Å². The summed E-state index contributed by atoms with van der Waals surface area (Å²) in [4.78, 5) is 26.8. The number of piperazine rings is 1. The Kier molecular flexibility index (Phi) is 5.89. The molecule has 0 radical (unpaired) electrons. The Hall–Kier alpha value is -2.69. The number of carbonyl (C=O) groups is 1. The monoisotopic (exact) mass is 444 g/mol. The van der Waals surface area contributed by atoms with Gasteiger partial charge in [0.05, 0.1) is 29.1 Å². The van der Waals surface area contributed by atoms with Crippen LogP contribution in [-0.2, 0) is 0 Å². The molecule has 1 fully saturated rings. The normalized spacial score (nSPS) is 14.7. The fourth-order valence-electron chi connectivity index (χ4n) is 3.26. The number of nitrogens with zero attached hydrogens (tertiary/aromatic N) is 4. The predicted molar refractivity (Wildman–Crippen MR) is 122 cm³/mol. The maximum absolute atomic E-state index is 11.5. The van der Waals surface area contributed by atoms with E-state index in [2.05, 4.69) is 22.2 Å². The maximum Gasteiger partial charge on any atom is 0.248 e. The minimum atomic E-state index is -0.489. The van der Waals surface area contributed by atoms with Crippen LogP contribution >= 0.6 is 22.7 Å². The van der Waals surface area contributed by atoms with E-state index < -0.39 is 5.91 Å². The first-order valence-electron chi connectivity index (χ1n) is 9.56. The van der Waals surface area contributed by atoms with E-state index in [0.717, 1.165) is 47.6 Å². The van der Waals surface area contributed by atoms with Crippen molar-refractivity contribution >= 4 is 44.5 Å². The van der Waals surface area contributed by atoms with Crippen molar-refractivity contribution in [3.63, 3.8) is 0 Å². The number of thiazole rings is 2. The van der Waals surface area contributed by atoms with Crippen LogP contribution in [0.15, 0.2) is 23.6 Å². The molecule has 1 aromatic carbocycles. The van der Waals surface area contributed by atoms with Crippen LogP contribution in [0.4, 0.5) is 16.0 Å². The highest BCUT2D eigenvalue weighted by atomic mass is 32.1. The molecule has 3 heterocycles. The summed E-state index contributed by atoms with van der Waals surface area (Å²) in [5, 5.41) is 7.02. The van der Waals surface area contributed by atoms with Gasteiger partial charge < -0.3 is 25.6 Å². The van der Waals surface area contributed by atoms with E-state index >= 15 is 0 Å². The number of likely N-dealkylation sites (N-methyl/N-ethyl adjacent to an activating group) is 1. The molecule has 1 saturated heterocycles. The summed E-state index contributed by atoms with van der Waals surface area (Å²) in [6, 6.07) is 5.03. The molecule has 1 aliphatic rings. The van der Waals surface area contributed by atoms with Gasteiger partial charge in [-0.1, -0.05) is 11.3 Å². The number of benzene rings is 1. The zero-order valence-corrected chi connectivity index (χ0v) is 18.8. The van der Waals surface area contributed by atoms with Gasteiger partial charge in [-0.3, -0.25) is 4.79 Å². The first-order valence-corrected chi connectivity index (χ1v) is 11.3. The molecule has 8 nitrogen and oxygen atoms in total. The van der Waals surface area contributed by atoms with Gasteiger partial charge in [-0.2, -0.15) is 0 Å². The van der Waals surface area contributed by atoms with Crippen LogP contribution in [0, 0.1) is 6.92 Å². The van der Waals surface area contributed by atoms with Crippen molar-refractivity contribution in [2.24, 2.45) is 5.73 Å². The number of nitrogens with one attached hydrogen (secondary N) is 1. The summed E-state index contributed by atoms with van der Waals surface area (Å²) in [6.07, 6.45) is 0. The van der Waals surface area contributed by atoms with Crippen LogP contribution in [0.1, 0.15) is 16.1 Å². The third kappa shape index (κ3) is 4.25. The van der Waals surface area contributed by atoms with Gasteiger partial charge >= 0.3 is 0 Å². The van der Waals surface area contributed by atoms with Crippen LogP contribution in [0.3, 0.4) is 0 Å². The average Bonchev–Trinajstić information content (AvgIpc) is 3.34. The molecule has 1 amide bonds. The second-order valence-electron chi connectivity index (χ2n) is 7.14. The van der Waals surface area contributed by atoms with Gasteiger partial charge in [0.15, 0.2) is 10.3 Å². The fourth-order valence-corrected chi connectivity index (χ4v) is 5.13. The first kappa shape index (κ1) is 20.6. The molecule has 2 aromatic heterocycles. The lowest BCUT2D eigenvalue weighted by Crippen LogP contribution is -2.44. The first-order chi connectivity index (χ1) is 14.4. The summed E-state index contributed by atoms with van der Waals surface area (Å²) in [5.41, 5.74) is 8.33. The van der Waals surface area contributed by atoms with Gasteiger partial charge in [-0.05, 0) is 32.2 Å². The Bertz CT molecular complexity index is 1060. The lowest BCUT2D eigenvalue weighted by atomic mass is 10.2. The molecule has 30 heavy (non-hydrogen) atoms. The number of methoxy groups -OCH3 is 1. The Morgan fingerprint density at radius 2 is 2.00 bits per heavy atom. The van der Waals surface area contributed by atoms with Crippen molar-refractivity contribution < 1.29 is 9.53 Å². The minimum Gasteiger partial charge on any atom is -0.495 e. The maximum atomic E-state index is 11.5. The number of amides is 1. The molecule has 4 rings (SSSR count). The number of primary amides is 1. The molecular formula is C20H24N6O2S2. The van der Waals surface area contributed by atoms with E-state index in [9.17, 15) is 4.79 Å². The van der Waals surface area contributed by atoms with Crippen LogP contribution in [-0.4, -0.2) is 61.1 Å². The van der Waals surface area contributed by atoms with E-state index in [1.165, 1.54) is 11.3 Å². The average molecular weight is 445 g/mol. The quantitative estimate of drug-likeness (QED) is 0.603. The number of ether oxygens (including phenoxy) is 1. The number of aromatic nitrogens is 2. The van der Waals surface area contributed by atoms with Crippen LogP contribution in [0.5, 0.6) is 5.75 Å². The summed E-state index contributed by atoms with van der Waals surface area (Å²) in [7, 11) is 3.73. The Labute approximate surface area is 183 Å². The van der Waals surface area contributed by atoms with Crippen molar-refractivity contribution in [3.05, 3.63) is 34.8 Å². The molecule has 0 spiro atoms. The number of rotatable bonds is 6. The number of hydrogen-bond donors (Lipinski definition) is 2. The van der Waals surface area contributed by atoms with Crippen molar-refractivity contribution in [1.82, 2.24) is 14.9 Å². The minimum absolute atomic E-state index is 0.408. The fraction of sp³-hybridized carbons (Fsp3) is 0.350. The molecule has 0 atom stereocenters. The summed E-state index contributed by atoms with van der Waals surface area (Å²) in [5.74, 6) is 0.125. The van der Waals surface area contributed by atoms with E-state index in [1.54, 1.807) is 36.6 Å². The highest BCUT2D eigenvalue weighted by molar-refractivity contribution is 7.19. The second kappa shape index (κ2) is 8.58. The van der Waals surface area contributed by atoms with Gasteiger partial charge in [0.25, 0.3) is 0 Å². The zero-order chi connectivity index (χ0) is 21.3. The third-order valence-corrected chi connectivity index (χ3v) is 7.02. The summed E-state index contributed by atoms with van der Waals surface area (Å²) in [6.45, 7) is 6.10. The van der Waals surface area contributed by atoms with Crippen LogP contribution < -0.4 is 20.7 Å². The molecule has 158 valence electrons. The highest BCUT2D eigenvalue weighted by Gasteiger charge is 2.20. The third-order valence-electron chi connectivity index (χ3n) is 5.02. The SMILES string of the molecule is COc1ccc(C(N)=O)cc1Nc1nc(-c2sc(N3CCN(C)CC3)nc2C)cs1. The Balaban J connectivity index is 1.55. The van der Waals surface area contributed by atoms with Gasteiger partial charge in [0.2, 0.25) is 5.91 Å². The summed E-state index contributed by atoms with van der Waals surface area (Å²) >= 11 is 3.17. The lowest BCUT2D eigenvalue weighted by Gasteiger charge is -2.32. The highest BCUT2D eigenvalue weighted by Crippen LogP contribution is 2.37. The molecule has 0 aliphatic carbocycles. The topological polar surface area (TPSA) is 96.6 Å². The van der Waals surface area contributed by atoms with Crippen molar-refractivity contribution in [2.45, 2.75) is 6.92 Å². The standard InChI is InChI=1S/C20H24N6O2S2/c1-12-17(30-20(22-12)26-8-6-25(2)7-9-26)15-11-29-19(24-15)23-14-10-13(18(21)27)4-5-16(14)28-3/h4-5,10-11H,6-9H2,1-3H3,(H2,21,27)(H,23,24). The van der Waals surface area contributed by atoms with Gasteiger partial charge in [-0.15, -0.1) is 11.3 Å². The number of anilines is 3. The molecule has 3 N–H and O–H groups in total. The Morgan fingerprint density at radius 3 is 2.70 bits per heavy atom. The smallest absolute Gasteiger partial charge is 0.248 e. The summed E-state index contributed by atoms with van der Waals surface area (Å²) < 4.78 is 5.39. The molecule has 0 bridgehead atoms. The molecule has 3 aromatic rings. The molecule has 10 heteroatoms. The van der Waals surface area contributed by atoms with Gasteiger partial charge in [0.1, 0.15) is 5.75 Å². The molecule has 0 unspecified atom stereocenters. The molecular weight excluding hydrogens is 420 g/mol. The van der Waals surface area contributed by atoms with Gasteiger partial charge in [0, 0.05) is 37.1 Å². The van der Waals surface area contributed by atoms with Crippen molar-refractivity contribution in [1.29, 1.82) is 0 Å². The van der Waals surface area contributed by atoms with Crippen molar-refractivity contribution in [2.75, 3.05) is 50.6 Å². The van der Waals surface area contributed by atoms with Crippen LogP contribution in [0.2, 0.25) is 0 Å². The molecule has 1 aliphatic heterocycles. The van der Waals surface area contributed by atoms with Gasteiger partial charge in [-0.25, -0.2) is 9.97 Å². The van der Waals surface area contributed by atoms with E-state index in [4.69, 9.17) is 20.4 Å². The predicted octanol–water partition coefficient (Wildman–Crippen LogP) is 3.18. The number of aryl methyl sites for hydroxylation is 1. The molecule has 0 saturated carbocycles. The van der Waals surface area contributed by atoms with E-state index in [1.807, 2.05) is 12.3 Å². The van der Waals surface area contributed by atoms with Crippen molar-refractivity contribution in [3.8, 4) is 16.3 Å². The van der Waals surface area contributed by atoms with E-state index in [0.29, 0.717) is 22.1 Å². The Morgan fingerprint density at radius 1 is 1.23 bits per heavy atom. The lowest BCUT2D eigenvalue weighted by molar-refractivity contribution is 0.100. The number of nitrogens with two attached hydrogens (primary N) is 1. The number of carbonyl (C=O) groups excluding carboxylic acids is 1. The zero-order valence-electron chi connectivity index (χ0n) is 17.1. The van der Waals surface area contributed by atoms with Crippen LogP contribution in [0.25, 0.3) is 10.6 Å². The second-order valence-corrected chi connectivity index (χ2v) is 8.98.